The molecule has 6 heteroatoms. The summed E-state index contributed by atoms with van der Waals surface area (Å²) in [5.41, 5.74) is 3.83. The van der Waals surface area contributed by atoms with Crippen LogP contribution in [0.5, 0.6) is 6.01 Å². The van der Waals surface area contributed by atoms with Crippen molar-refractivity contribution in [1.29, 1.82) is 0 Å². The number of thiophene rings is 1. The van der Waals surface area contributed by atoms with Crippen LogP contribution in [-0.2, 0) is 6.54 Å². The Morgan fingerprint density at radius 2 is 2.17 bits per heavy atom. The highest BCUT2D eigenvalue weighted by molar-refractivity contribution is 7.22. The number of aryl methyl sites for hydroxylation is 1. The molecule has 0 fully saturated rings. The van der Waals surface area contributed by atoms with Crippen molar-refractivity contribution in [3.63, 3.8) is 0 Å². The molecule has 24 heavy (non-hydrogen) atoms. The Hall–Kier alpha value is -2.73. The van der Waals surface area contributed by atoms with Crippen LogP contribution in [0.25, 0.3) is 32.0 Å². The van der Waals surface area contributed by atoms with Crippen LogP contribution in [0.4, 0.5) is 0 Å². The van der Waals surface area contributed by atoms with Gasteiger partial charge < -0.3 is 4.74 Å². The van der Waals surface area contributed by atoms with E-state index in [1.807, 2.05) is 43.6 Å². The zero-order valence-corrected chi connectivity index (χ0v) is 13.9. The monoisotopic (exact) mass is 334 g/mol. The molecule has 0 amide bonds. The largest absolute Gasteiger partial charge is 0.463 e. The zero-order chi connectivity index (χ0) is 16.1. The number of aromatic nitrogens is 4. The van der Waals surface area contributed by atoms with Gasteiger partial charge in [-0.1, -0.05) is 6.07 Å². The van der Waals surface area contributed by atoms with Gasteiger partial charge in [-0.3, -0.25) is 14.5 Å². The lowest BCUT2D eigenvalue weighted by Crippen LogP contribution is -1.97. The number of imidazole rings is 1. The van der Waals surface area contributed by atoms with Crippen LogP contribution >= 0.6 is 11.3 Å². The molecule has 0 saturated carbocycles. The molecule has 5 heterocycles. The number of pyridine rings is 2. The highest BCUT2D eigenvalue weighted by atomic mass is 32.1. The van der Waals surface area contributed by atoms with E-state index in [1.54, 1.807) is 11.3 Å². The van der Waals surface area contributed by atoms with E-state index in [0.717, 1.165) is 34.7 Å². The van der Waals surface area contributed by atoms with Crippen LogP contribution in [0.2, 0.25) is 0 Å². The summed E-state index contributed by atoms with van der Waals surface area (Å²) in [6.07, 6.45) is 3.73. The molecule has 0 unspecified atom stereocenters. The van der Waals surface area contributed by atoms with Gasteiger partial charge in [0.05, 0.1) is 22.8 Å². The second-order valence-electron chi connectivity index (χ2n) is 5.78. The molecule has 0 aliphatic carbocycles. The quantitative estimate of drug-likeness (QED) is 0.557. The molecule has 4 aromatic heterocycles. The highest BCUT2D eigenvalue weighted by Gasteiger charge is 2.26. The molecule has 0 atom stereocenters. The SMILES string of the molecule is Cc1cccc(-c2nc3n(c2-c2cc4cnccc4s2)CCO3)n1. The first kappa shape index (κ1) is 13.7. The van der Waals surface area contributed by atoms with E-state index >= 15 is 0 Å². The predicted molar refractivity (Wildman–Crippen MR) is 94.3 cm³/mol. The third kappa shape index (κ3) is 2.03. The van der Waals surface area contributed by atoms with Gasteiger partial charge in [-0.15, -0.1) is 11.3 Å². The van der Waals surface area contributed by atoms with Crippen LogP contribution in [0, 0.1) is 6.92 Å². The fraction of sp³-hybridized carbons (Fsp3) is 0.167. The molecule has 4 aromatic rings. The molecule has 0 spiro atoms. The van der Waals surface area contributed by atoms with E-state index in [0.29, 0.717) is 12.6 Å². The Morgan fingerprint density at radius 1 is 1.21 bits per heavy atom. The molecule has 0 N–H and O–H groups in total. The van der Waals surface area contributed by atoms with Gasteiger partial charge in [0, 0.05) is 28.2 Å². The maximum atomic E-state index is 5.68. The maximum absolute atomic E-state index is 5.68. The number of hydrogen-bond acceptors (Lipinski definition) is 5. The van der Waals surface area contributed by atoms with Crippen LogP contribution < -0.4 is 4.74 Å². The lowest BCUT2D eigenvalue weighted by Gasteiger charge is -2.05. The summed E-state index contributed by atoms with van der Waals surface area (Å²) in [4.78, 5) is 14.8. The molecule has 5 rings (SSSR count). The van der Waals surface area contributed by atoms with Crippen molar-refractivity contribution in [2.75, 3.05) is 6.61 Å². The van der Waals surface area contributed by atoms with Gasteiger partial charge in [0.2, 0.25) is 0 Å². The fourth-order valence-corrected chi connectivity index (χ4v) is 4.17. The van der Waals surface area contributed by atoms with Crippen molar-refractivity contribution < 1.29 is 4.74 Å². The topological polar surface area (TPSA) is 52.8 Å². The van der Waals surface area contributed by atoms with Gasteiger partial charge >= 0.3 is 0 Å². The fourth-order valence-electron chi connectivity index (χ4n) is 3.08. The molecular formula is C18H14N4OS. The van der Waals surface area contributed by atoms with E-state index in [9.17, 15) is 0 Å². The van der Waals surface area contributed by atoms with E-state index in [2.05, 4.69) is 20.6 Å². The van der Waals surface area contributed by atoms with Crippen LogP contribution in [0.15, 0.2) is 42.7 Å². The first-order valence-electron chi connectivity index (χ1n) is 7.81. The summed E-state index contributed by atoms with van der Waals surface area (Å²) in [7, 11) is 0. The average molecular weight is 334 g/mol. The molecule has 5 nitrogen and oxygen atoms in total. The van der Waals surface area contributed by atoms with Gasteiger partial charge in [-0.05, 0) is 31.2 Å². The molecule has 1 aliphatic rings. The third-order valence-corrected chi connectivity index (χ3v) is 5.28. The van der Waals surface area contributed by atoms with E-state index in [1.165, 1.54) is 9.58 Å². The molecule has 0 radical (unpaired) electrons. The van der Waals surface area contributed by atoms with Gasteiger partial charge in [-0.2, -0.15) is 4.98 Å². The summed E-state index contributed by atoms with van der Waals surface area (Å²) in [5.74, 6) is 0. The first-order chi connectivity index (χ1) is 11.8. The minimum atomic E-state index is 0.670. The lowest BCUT2D eigenvalue weighted by molar-refractivity contribution is 0.345. The molecule has 118 valence electrons. The minimum absolute atomic E-state index is 0.670. The lowest BCUT2D eigenvalue weighted by atomic mass is 10.2. The zero-order valence-electron chi connectivity index (χ0n) is 13.1. The predicted octanol–water partition coefficient (Wildman–Crippen LogP) is 3.92. The van der Waals surface area contributed by atoms with Crippen LogP contribution in [-0.4, -0.2) is 26.1 Å². The molecule has 1 aliphatic heterocycles. The summed E-state index contributed by atoms with van der Waals surface area (Å²) in [5, 5.41) is 1.15. The van der Waals surface area contributed by atoms with Crippen molar-refractivity contribution in [1.82, 2.24) is 19.5 Å². The number of ether oxygens (including phenoxy) is 1. The van der Waals surface area contributed by atoms with Crippen LogP contribution in [0.3, 0.4) is 0 Å². The molecule has 0 aromatic carbocycles. The summed E-state index contributed by atoms with van der Waals surface area (Å²) in [6, 6.07) is 10.9. The van der Waals surface area contributed by atoms with Gasteiger partial charge in [-0.25, -0.2) is 0 Å². The Morgan fingerprint density at radius 3 is 3.04 bits per heavy atom. The van der Waals surface area contributed by atoms with Crippen molar-refractivity contribution in [2.24, 2.45) is 0 Å². The third-order valence-electron chi connectivity index (χ3n) is 4.16. The van der Waals surface area contributed by atoms with Crippen molar-refractivity contribution in [2.45, 2.75) is 13.5 Å². The van der Waals surface area contributed by atoms with E-state index in [-0.39, 0.29) is 0 Å². The Bertz CT molecular complexity index is 1030. The number of nitrogens with zero attached hydrogens (tertiary/aromatic N) is 4. The summed E-state index contributed by atoms with van der Waals surface area (Å²) < 4.78 is 9.05. The average Bonchev–Trinajstić information content (AvgIpc) is 3.27. The van der Waals surface area contributed by atoms with E-state index < -0.39 is 0 Å². The summed E-state index contributed by atoms with van der Waals surface area (Å²) >= 11 is 1.75. The van der Waals surface area contributed by atoms with Gasteiger partial charge in [0.25, 0.3) is 6.01 Å². The second-order valence-corrected chi connectivity index (χ2v) is 6.86. The molecule has 0 bridgehead atoms. The minimum Gasteiger partial charge on any atom is -0.463 e. The number of fused-ring (bicyclic) bond motifs is 2. The molecule has 0 saturated heterocycles. The van der Waals surface area contributed by atoms with Gasteiger partial charge in [0.1, 0.15) is 12.3 Å². The second kappa shape index (κ2) is 5.14. The number of hydrogen-bond donors (Lipinski definition) is 0. The smallest absolute Gasteiger partial charge is 0.297 e. The standard InChI is InChI=1S/C18H14N4OS/c1-11-3-2-4-13(20-11)16-17(22-7-8-23-18(22)21-16)15-9-12-10-19-6-5-14(12)24-15/h2-6,9-10H,7-8H2,1H3. The Kier molecular flexibility index (Phi) is 2.93. The maximum Gasteiger partial charge on any atom is 0.297 e. The molecular weight excluding hydrogens is 320 g/mol. The highest BCUT2D eigenvalue weighted by Crippen LogP contribution is 2.41. The first-order valence-corrected chi connectivity index (χ1v) is 8.62. The number of rotatable bonds is 2. The van der Waals surface area contributed by atoms with Crippen molar-refractivity contribution >= 4 is 21.4 Å². The normalized spacial score (nSPS) is 13.2. The Labute approximate surface area is 142 Å². The van der Waals surface area contributed by atoms with Crippen molar-refractivity contribution in [3.8, 4) is 28.0 Å². The van der Waals surface area contributed by atoms with Crippen LogP contribution in [0.1, 0.15) is 5.69 Å². The summed E-state index contributed by atoms with van der Waals surface area (Å²) in [6.45, 7) is 3.48. The van der Waals surface area contributed by atoms with Gasteiger partial charge in [0.15, 0.2) is 0 Å². The Balaban J connectivity index is 1.77. The van der Waals surface area contributed by atoms with E-state index in [4.69, 9.17) is 9.72 Å². The van der Waals surface area contributed by atoms with Crippen molar-refractivity contribution in [3.05, 3.63) is 48.4 Å².